The lowest BCUT2D eigenvalue weighted by atomic mass is 9.99. The summed E-state index contributed by atoms with van der Waals surface area (Å²) < 4.78 is 21.5. The maximum absolute atomic E-state index is 10.8. The molecule has 6 heteroatoms. The molecule has 1 saturated heterocycles. The van der Waals surface area contributed by atoms with Gasteiger partial charge in [0.15, 0.2) is 0 Å². The number of anilines is 2. The third-order valence-corrected chi connectivity index (χ3v) is 3.91. The zero-order valence-corrected chi connectivity index (χ0v) is 10.5. The monoisotopic (exact) mass is 255 g/mol. The number of hydrogen-bond acceptors (Lipinski definition) is 5. The van der Waals surface area contributed by atoms with E-state index in [9.17, 15) is 8.42 Å². The van der Waals surface area contributed by atoms with Crippen molar-refractivity contribution in [1.82, 2.24) is 4.98 Å². The van der Waals surface area contributed by atoms with E-state index in [4.69, 9.17) is 5.73 Å². The summed E-state index contributed by atoms with van der Waals surface area (Å²) in [5.74, 6) is 0.494. The lowest BCUT2D eigenvalue weighted by molar-refractivity contribution is 0.447. The van der Waals surface area contributed by atoms with Gasteiger partial charge in [0.25, 0.3) is 0 Å². The number of nitrogens with zero attached hydrogens (tertiary/aromatic N) is 2. The molecule has 1 aliphatic heterocycles. The van der Waals surface area contributed by atoms with Gasteiger partial charge in [-0.15, -0.1) is 0 Å². The molecule has 0 amide bonds. The van der Waals surface area contributed by atoms with Crippen LogP contribution in [-0.4, -0.2) is 32.2 Å². The summed E-state index contributed by atoms with van der Waals surface area (Å²) in [7, 11) is -2.29. The second kappa shape index (κ2) is 5.35. The fourth-order valence-corrected chi connectivity index (χ4v) is 3.05. The van der Waals surface area contributed by atoms with Crippen LogP contribution in [0.4, 0.5) is 11.4 Å². The Bertz CT molecular complexity index is 454. The van der Waals surface area contributed by atoms with Gasteiger partial charge in [-0.2, -0.15) is 0 Å². The molecular formula is C11H17N3O2S. The Morgan fingerprint density at radius 2 is 2.35 bits per heavy atom. The molecule has 0 bridgehead atoms. The molecule has 0 saturated carbocycles. The molecular weight excluding hydrogens is 238 g/mol. The van der Waals surface area contributed by atoms with Crippen molar-refractivity contribution in [3.05, 3.63) is 18.5 Å². The number of hydrogen-bond donors (Lipinski definition) is 2. The molecule has 17 heavy (non-hydrogen) atoms. The number of thiol groups is 1. The van der Waals surface area contributed by atoms with E-state index in [2.05, 4.69) is 9.88 Å². The molecule has 2 rings (SSSR count). The number of nitrogen functional groups attached to an aromatic ring is 1. The fourth-order valence-electron chi connectivity index (χ4n) is 2.33. The van der Waals surface area contributed by atoms with Crippen LogP contribution in [0.5, 0.6) is 0 Å². The Hall–Kier alpha value is -1.30. The normalized spacial score (nSPS) is 20.8. The Labute approximate surface area is 103 Å². The lowest BCUT2D eigenvalue weighted by Gasteiger charge is -2.34. The summed E-state index contributed by atoms with van der Waals surface area (Å²) in [4.78, 5) is 6.12. The quantitative estimate of drug-likeness (QED) is 0.769. The van der Waals surface area contributed by atoms with Crippen molar-refractivity contribution < 1.29 is 8.42 Å². The first-order valence-corrected chi connectivity index (χ1v) is 7.09. The SMILES string of the molecule is Nc1cnccc1N1CCCC(C[SH](=O)=O)C1. The topological polar surface area (TPSA) is 76.3 Å². The van der Waals surface area contributed by atoms with Crippen molar-refractivity contribution in [2.45, 2.75) is 12.8 Å². The fraction of sp³-hybridized carbons (Fsp3) is 0.545. The van der Waals surface area contributed by atoms with Gasteiger partial charge in [-0.25, -0.2) is 8.42 Å². The van der Waals surface area contributed by atoms with Crippen LogP contribution in [0.3, 0.4) is 0 Å². The van der Waals surface area contributed by atoms with Gasteiger partial charge in [0.2, 0.25) is 0 Å². The maximum Gasteiger partial charge on any atom is 0.140 e. The Morgan fingerprint density at radius 3 is 3.06 bits per heavy atom. The zero-order valence-electron chi connectivity index (χ0n) is 9.58. The lowest BCUT2D eigenvalue weighted by Crippen LogP contribution is -2.37. The van der Waals surface area contributed by atoms with Crippen LogP contribution in [0.1, 0.15) is 12.8 Å². The summed E-state index contributed by atoms with van der Waals surface area (Å²) in [6.45, 7) is 1.69. The number of aromatic nitrogens is 1. The van der Waals surface area contributed by atoms with Gasteiger partial charge in [-0.3, -0.25) is 4.98 Å². The third kappa shape index (κ3) is 3.09. The van der Waals surface area contributed by atoms with E-state index in [0.29, 0.717) is 5.69 Å². The predicted octanol–water partition coefficient (Wildman–Crippen LogP) is 0.492. The van der Waals surface area contributed by atoms with Crippen molar-refractivity contribution in [2.75, 3.05) is 29.5 Å². The molecule has 0 aliphatic carbocycles. The van der Waals surface area contributed by atoms with Gasteiger partial charge in [0.1, 0.15) is 10.7 Å². The van der Waals surface area contributed by atoms with E-state index in [1.807, 2.05) is 6.07 Å². The highest BCUT2D eigenvalue weighted by Gasteiger charge is 2.21. The summed E-state index contributed by atoms with van der Waals surface area (Å²) in [6.07, 6.45) is 5.33. The van der Waals surface area contributed by atoms with Gasteiger partial charge in [0.05, 0.1) is 23.3 Å². The van der Waals surface area contributed by atoms with Crippen LogP contribution in [0.25, 0.3) is 0 Å². The molecule has 0 radical (unpaired) electrons. The Morgan fingerprint density at radius 1 is 1.53 bits per heavy atom. The van der Waals surface area contributed by atoms with Crippen molar-refractivity contribution in [3.8, 4) is 0 Å². The van der Waals surface area contributed by atoms with E-state index in [-0.39, 0.29) is 11.7 Å². The molecule has 1 aromatic rings. The highest BCUT2D eigenvalue weighted by molar-refractivity contribution is 7.72. The summed E-state index contributed by atoms with van der Waals surface area (Å²) >= 11 is 0. The van der Waals surface area contributed by atoms with E-state index < -0.39 is 10.7 Å². The standard InChI is InChI=1S/C11H17N3O2S/c12-10-6-13-4-3-11(10)14-5-1-2-9(7-14)8-17(15)16/h3-4,6,9,17H,1-2,5,7-8,12H2. The van der Waals surface area contributed by atoms with Crippen molar-refractivity contribution in [2.24, 2.45) is 5.92 Å². The third-order valence-electron chi connectivity index (χ3n) is 3.09. The predicted molar refractivity (Wildman–Crippen MR) is 68.8 cm³/mol. The zero-order chi connectivity index (χ0) is 12.3. The Balaban J connectivity index is 2.09. The smallest absolute Gasteiger partial charge is 0.140 e. The van der Waals surface area contributed by atoms with Gasteiger partial charge >= 0.3 is 0 Å². The van der Waals surface area contributed by atoms with Crippen molar-refractivity contribution in [1.29, 1.82) is 0 Å². The van der Waals surface area contributed by atoms with Crippen LogP contribution < -0.4 is 10.6 Å². The maximum atomic E-state index is 10.8. The number of rotatable bonds is 3. The number of pyridine rings is 1. The van der Waals surface area contributed by atoms with Crippen molar-refractivity contribution in [3.63, 3.8) is 0 Å². The molecule has 1 aromatic heterocycles. The molecule has 2 N–H and O–H groups in total. The number of nitrogens with two attached hydrogens (primary N) is 1. The van der Waals surface area contributed by atoms with E-state index in [1.54, 1.807) is 12.4 Å². The van der Waals surface area contributed by atoms with Gasteiger partial charge in [-0.05, 0) is 24.8 Å². The minimum atomic E-state index is -2.29. The largest absolute Gasteiger partial charge is 0.396 e. The van der Waals surface area contributed by atoms with Crippen LogP contribution in [0.2, 0.25) is 0 Å². The minimum Gasteiger partial charge on any atom is -0.396 e. The molecule has 94 valence electrons. The molecule has 0 spiro atoms. The van der Waals surface area contributed by atoms with Gasteiger partial charge in [0, 0.05) is 19.3 Å². The number of piperidine rings is 1. The molecule has 1 unspecified atom stereocenters. The van der Waals surface area contributed by atoms with Crippen LogP contribution in [-0.2, 0) is 10.7 Å². The second-order valence-electron chi connectivity index (χ2n) is 4.40. The first kappa shape index (κ1) is 12.2. The molecule has 1 atom stereocenters. The Kier molecular flexibility index (Phi) is 3.83. The second-order valence-corrected chi connectivity index (χ2v) is 5.43. The highest BCUT2D eigenvalue weighted by Crippen LogP contribution is 2.27. The molecule has 1 fully saturated rings. The molecule has 2 heterocycles. The molecule has 1 aliphatic rings. The first-order chi connectivity index (χ1) is 8.16. The summed E-state index contributed by atoms with van der Waals surface area (Å²) in [5, 5.41) is 0. The van der Waals surface area contributed by atoms with Gasteiger partial charge in [-0.1, -0.05) is 0 Å². The van der Waals surface area contributed by atoms with Crippen LogP contribution >= 0.6 is 0 Å². The van der Waals surface area contributed by atoms with Gasteiger partial charge < -0.3 is 10.6 Å². The van der Waals surface area contributed by atoms with Crippen LogP contribution in [0.15, 0.2) is 18.5 Å². The van der Waals surface area contributed by atoms with Crippen molar-refractivity contribution >= 4 is 22.1 Å². The average molecular weight is 255 g/mol. The summed E-state index contributed by atoms with van der Waals surface area (Å²) in [6, 6.07) is 1.88. The van der Waals surface area contributed by atoms with E-state index >= 15 is 0 Å². The minimum absolute atomic E-state index is 0.220. The highest BCUT2D eigenvalue weighted by atomic mass is 32.2. The molecule has 5 nitrogen and oxygen atoms in total. The van der Waals surface area contributed by atoms with E-state index in [0.717, 1.165) is 31.6 Å². The summed E-state index contributed by atoms with van der Waals surface area (Å²) in [5.41, 5.74) is 7.49. The molecule has 0 aromatic carbocycles. The van der Waals surface area contributed by atoms with E-state index in [1.165, 1.54) is 0 Å². The average Bonchev–Trinajstić information content (AvgIpc) is 2.29. The first-order valence-electron chi connectivity index (χ1n) is 5.73. The van der Waals surface area contributed by atoms with Crippen LogP contribution in [0, 0.1) is 5.92 Å².